The Balaban J connectivity index is 1.95. The van der Waals surface area contributed by atoms with Gasteiger partial charge in [0, 0.05) is 17.0 Å². The molecule has 2 heteroatoms. The lowest BCUT2D eigenvalue weighted by Crippen LogP contribution is -2.43. The summed E-state index contributed by atoms with van der Waals surface area (Å²) in [6.45, 7) is 7.20. The Labute approximate surface area is 128 Å². The molecule has 1 nitrogen and oxygen atoms in total. The van der Waals surface area contributed by atoms with E-state index in [4.69, 9.17) is 0 Å². The maximum Gasteiger partial charge on any atom is 0.0207 e. The van der Waals surface area contributed by atoms with E-state index in [1.165, 1.54) is 24.8 Å². The van der Waals surface area contributed by atoms with Gasteiger partial charge in [0.25, 0.3) is 0 Å². The minimum Gasteiger partial charge on any atom is -0.316 e. The first-order chi connectivity index (χ1) is 9.50. The van der Waals surface area contributed by atoms with Crippen LogP contribution in [0, 0.1) is 11.3 Å². The van der Waals surface area contributed by atoms with Crippen LogP contribution in [0.4, 0.5) is 0 Å². The molecule has 1 fully saturated rings. The number of benzene rings is 1. The summed E-state index contributed by atoms with van der Waals surface area (Å²) in [5.41, 5.74) is 1.90. The third-order valence-corrected chi connectivity index (χ3v) is 6.14. The minimum atomic E-state index is 0.449. The van der Waals surface area contributed by atoms with Crippen LogP contribution in [0.15, 0.2) is 30.3 Å². The SMILES string of the molecule is CNC1CCC(C(C)(C)C)CC1SCc1ccccc1. The lowest BCUT2D eigenvalue weighted by Gasteiger charge is -2.41. The van der Waals surface area contributed by atoms with Crippen molar-refractivity contribution in [2.75, 3.05) is 7.05 Å². The van der Waals surface area contributed by atoms with E-state index in [1.54, 1.807) is 0 Å². The number of nitrogens with one attached hydrogen (secondary N) is 1. The molecule has 0 aliphatic heterocycles. The quantitative estimate of drug-likeness (QED) is 0.861. The van der Waals surface area contributed by atoms with Gasteiger partial charge in [0.15, 0.2) is 0 Å². The van der Waals surface area contributed by atoms with E-state index in [0.29, 0.717) is 11.5 Å². The van der Waals surface area contributed by atoms with Crippen molar-refractivity contribution in [1.29, 1.82) is 0 Å². The van der Waals surface area contributed by atoms with Gasteiger partial charge in [-0.3, -0.25) is 0 Å². The van der Waals surface area contributed by atoms with Crippen LogP contribution in [0.1, 0.15) is 45.6 Å². The second kappa shape index (κ2) is 7.00. The van der Waals surface area contributed by atoms with Crippen molar-refractivity contribution in [2.24, 2.45) is 11.3 Å². The third-order valence-electron chi connectivity index (χ3n) is 4.69. The summed E-state index contributed by atoms with van der Waals surface area (Å²) < 4.78 is 0. The number of rotatable bonds is 4. The summed E-state index contributed by atoms with van der Waals surface area (Å²) in [6.07, 6.45) is 4.05. The second-order valence-electron chi connectivity index (χ2n) is 7.11. The highest BCUT2D eigenvalue weighted by molar-refractivity contribution is 7.99. The van der Waals surface area contributed by atoms with Crippen molar-refractivity contribution in [1.82, 2.24) is 5.32 Å². The smallest absolute Gasteiger partial charge is 0.0207 e. The van der Waals surface area contributed by atoms with Crippen LogP contribution in [-0.2, 0) is 5.75 Å². The molecule has 0 aromatic heterocycles. The van der Waals surface area contributed by atoms with Crippen molar-refractivity contribution in [3.63, 3.8) is 0 Å². The van der Waals surface area contributed by atoms with E-state index in [-0.39, 0.29) is 0 Å². The highest BCUT2D eigenvalue weighted by Gasteiger charge is 2.35. The maximum absolute atomic E-state index is 3.54. The Morgan fingerprint density at radius 3 is 2.45 bits per heavy atom. The van der Waals surface area contributed by atoms with Gasteiger partial charge in [-0.1, -0.05) is 51.1 Å². The molecule has 1 aliphatic rings. The van der Waals surface area contributed by atoms with Crippen LogP contribution in [0.2, 0.25) is 0 Å². The number of thioether (sulfide) groups is 1. The van der Waals surface area contributed by atoms with Crippen LogP contribution in [0.3, 0.4) is 0 Å². The summed E-state index contributed by atoms with van der Waals surface area (Å²) in [6, 6.07) is 11.6. The lowest BCUT2D eigenvalue weighted by molar-refractivity contribution is 0.167. The van der Waals surface area contributed by atoms with Gasteiger partial charge in [0.1, 0.15) is 0 Å². The molecule has 3 unspecified atom stereocenters. The Hall–Kier alpha value is -0.470. The van der Waals surface area contributed by atoms with Crippen molar-refractivity contribution in [3.8, 4) is 0 Å². The molecular formula is C18H29NS. The molecule has 0 heterocycles. The summed E-state index contributed by atoms with van der Waals surface area (Å²) in [5, 5.41) is 4.29. The lowest BCUT2D eigenvalue weighted by atomic mass is 9.71. The van der Waals surface area contributed by atoms with Crippen LogP contribution in [-0.4, -0.2) is 18.3 Å². The van der Waals surface area contributed by atoms with Crippen LogP contribution < -0.4 is 5.32 Å². The fourth-order valence-corrected chi connectivity index (χ4v) is 4.68. The molecule has 1 N–H and O–H groups in total. The van der Waals surface area contributed by atoms with Crippen molar-refractivity contribution < 1.29 is 0 Å². The average Bonchev–Trinajstić information content (AvgIpc) is 2.45. The molecule has 1 aromatic rings. The summed E-state index contributed by atoms with van der Waals surface area (Å²) >= 11 is 2.14. The van der Waals surface area contributed by atoms with Crippen LogP contribution >= 0.6 is 11.8 Å². The zero-order valence-corrected chi connectivity index (χ0v) is 14.2. The Bertz CT molecular complexity index is 396. The first-order valence-electron chi connectivity index (χ1n) is 7.83. The minimum absolute atomic E-state index is 0.449. The van der Waals surface area contributed by atoms with Crippen LogP contribution in [0.25, 0.3) is 0 Å². The van der Waals surface area contributed by atoms with Gasteiger partial charge in [-0.25, -0.2) is 0 Å². The standard InChI is InChI=1S/C18H29NS/c1-18(2,3)15-10-11-16(19-4)17(12-15)20-13-14-8-6-5-7-9-14/h5-9,15-17,19H,10-13H2,1-4H3. The molecule has 20 heavy (non-hydrogen) atoms. The topological polar surface area (TPSA) is 12.0 Å². The molecule has 1 saturated carbocycles. The molecule has 0 radical (unpaired) electrons. The fourth-order valence-electron chi connectivity index (χ4n) is 3.21. The Kier molecular flexibility index (Phi) is 5.57. The first-order valence-corrected chi connectivity index (χ1v) is 8.88. The third kappa shape index (κ3) is 4.26. The molecule has 0 amide bonds. The Morgan fingerprint density at radius 2 is 1.85 bits per heavy atom. The predicted molar refractivity (Wildman–Crippen MR) is 91.2 cm³/mol. The second-order valence-corrected chi connectivity index (χ2v) is 8.33. The van der Waals surface area contributed by atoms with Crippen LogP contribution in [0.5, 0.6) is 0 Å². The predicted octanol–water partition coefficient (Wildman–Crippen LogP) is 4.72. The molecule has 112 valence electrons. The monoisotopic (exact) mass is 291 g/mol. The Morgan fingerprint density at radius 1 is 1.15 bits per heavy atom. The number of hydrogen-bond acceptors (Lipinski definition) is 2. The van der Waals surface area contributed by atoms with E-state index in [9.17, 15) is 0 Å². The molecular weight excluding hydrogens is 262 g/mol. The molecule has 0 spiro atoms. The zero-order valence-electron chi connectivity index (χ0n) is 13.4. The largest absolute Gasteiger partial charge is 0.316 e. The van der Waals surface area contributed by atoms with E-state index < -0.39 is 0 Å². The van der Waals surface area contributed by atoms with Gasteiger partial charge in [0.05, 0.1) is 0 Å². The van der Waals surface area contributed by atoms with Crippen molar-refractivity contribution >= 4 is 11.8 Å². The van der Waals surface area contributed by atoms with Gasteiger partial charge in [0.2, 0.25) is 0 Å². The van der Waals surface area contributed by atoms with E-state index in [1.807, 2.05) is 0 Å². The summed E-state index contributed by atoms with van der Waals surface area (Å²) in [5.74, 6) is 2.00. The molecule has 1 aliphatic carbocycles. The maximum atomic E-state index is 3.54. The van der Waals surface area contributed by atoms with Crippen molar-refractivity contribution in [3.05, 3.63) is 35.9 Å². The zero-order chi connectivity index (χ0) is 14.6. The molecule has 0 saturated heterocycles. The molecule has 2 rings (SSSR count). The van der Waals surface area contributed by atoms with E-state index in [0.717, 1.165) is 16.9 Å². The highest BCUT2D eigenvalue weighted by Crippen LogP contribution is 2.42. The average molecular weight is 292 g/mol. The van der Waals surface area contributed by atoms with Gasteiger partial charge >= 0.3 is 0 Å². The molecule has 1 aromatic carbocycles. The molecule has 0 bridgehead atoms. The highest BCUT2D eigenvalue weighted by atomic mass is 32.2. The van der Waals surface area contributed by atoms with Gasteiger partial charge in [-0.2, -0.15) is 11.8 Å². The molecule has 3 atom stereocenters. The first kappa shape index (κ1) is 15.9. The van der Waals surface area contributed by atoms with Gasteiger partial charge in [-0.15, -0.1) is 0 Å². The van der Waals surface area contributed by atoms with Gasteiger partial charge < -0.3 is 5.32 Å². The fraction of sp³-hybridized carbons (Fsp3) is 0.667. The van der Waals surface area contributed by atoms with E-state index in [2.05, 4.69) is 75.2 Å². The summed E-state index contributed by atoms with van der Waals surface area (Å²) in [7, 11) is 2.12. The number of hydrogen-bond donors (Lipinski definition) is 1. The summed E-state index contributed by atoms with van der Waals surface area (Å²) in [4.78, 5) is 0. The van der Waals surface area contributed by atoms with Gasteiger partial charge in [-0.05, 0) is 43.2 Å². The van der Waals surface area contributed by atoms with E-state index >= 15 is 0 Å². The van der Waals surface area contributed by atoms with Crippen molar-refractivity contribution in [2.45, 2.75) is 57.1 Å². The normalized spacial score (nSPS) is 27.5.